The van der Waals surface area contributed by atoms with Gasteiger partial charge in [0.05, 0.1) is 16.7 Å². The molecule has 0 fully saturated rings. The summed E-state index contributed by atoms with van der Waals surface area (Å²) in [5, 5.41) is 9.67. The van der Waals surface area contributed by atoms with Crippen molar-refractivity contribution in [1.82, 2.24) is 4.57 Å². The maximum absolute atomic E-state index is 7.03. The van der Waals surface area contributed by atoms with Crippen molar-refractivity contribution in [3.63, 3.8) is 0 Å². The second-order valence-corrected chi connectivity index (χ2v) is 18.7. The summed E-state index contributed by atoms with van der Waals surface area (Å²) in [6.45, 7) is 0. The fraction of sp³-hybridized carbons (Fsp3) is 0. The van der Waals surface area contributed by atoms with Crippen LogP contribution in [-0.4, -0.2) is 4.57 Å². The lowest BCUT2D eigenvalue weighted by Gasteiger charge is -2.29. The lowest BCUT2D eigenvalue weighted by atomic mass is 9.96. The molecule has 0 saturated carbocycles. The summed E-state index contributed by atoms with van der Waals surface area (Å²) < 4.78 is 12.0. The second kappa shape index (κ2) is 15.5. The van der Waals surface area contributed by atoms with Crippen LogP contribution < -0.4 is 4.90 Å². The number of hydrogen-bond acceptors (Lipinski definition) is 3. The van der Waals surface area contributed by atoms with Crippen molar-refractivity contribution >= 4 is 103 Å². The Labute approximate surface area is 396 Å². The van der Waals surface area contributed by atoms with Crippen molar-refractivity contribution in [1.29, 1.82) is 0 Å². The number of hydrogen-bond donors (Lipinski definition) is 0. The highest BCUT2D eigenvalue weighted by atomic mass is 32.1. The molecule has 0 aliphatic rings. The number of benzene rings is 11. The molecule has 11 aromatic carbocycles. The number of rotatable bonds is 7. The molecule has 0 radical (unpaired) electrons. The van der Waals surface area contributed by atoms with Gasteiger partial charge in [-0.2, -0.15) is 0 Å². The van der Waals surface area contributed by atoms with Gasteiger partial charge < -0.3 is 13.9 Å². The minimum atomic E-state index is 0.852. The highest BCUT2D eigenvalue weighted by Gasteiger charge is 2.24. The SMILES string of the molecule is c1cc(-c2ccc3ccccc3c2)cc(N(c2cccc(-c3ccc4sc5ccccc5c4c3)c2)c2ccc3c(oc4ccccc43)c2-c2cccc(-n3c4ccccc4c4ccccc43)c2)c1. The fourth-order valence-corrected chi connectivity index (χ4v) is 11.7. The second-order valence-electron chi connectivity index (χ2n) is 17.7. The van der Waals surface area contributed by atoms with E-state index >= 15 is 0 Å². The summed E-state index contributed by atoms with van der Waals surface area (Å²) in [6, 6.07) is 88.4. The monoisotopic (exact) mass is 884 g/mol. The van der Waals surface area contributed by atoms with E-state index in [0.717, 1.165) is 66.9 Å². The average molecular weight is 885 g/mol. The van der Waals surface area contributed by atoms with Gasteiger partial charge in [0.25, 0.3) is 0 Å². The molecule has 0 bridgehead atoms. The molecule has 3 aromatic heterocycles. The Kier molecular flexibility index (Phi) is 8.76. The largest absolute Gasteiger partial charge is 0.455 e. The number of para-hydroxylation sites is 3. The first-order valence-corrected chi connectivity index (χ1v) is 24.0. The molecule has 14 rings (SSSR count). The quantitative estimate of drug-likeness (QED) is 0.159. The molecule has 3 heterocycles. The lowest BCUT2D eigenvalue weighted by molar-refractivity contribution is 0.670. The maximum Gasteiger partial charge on any atom is 0.145 e. The number of fused-ring (bicyclic) bond motifs is 10. The number of nitrogens with zero attached hydrogens (tertiary/aromatic N) is 2. The number of furan rings is 1. The van der Waals surface area contributed by atoms with Crippen molar-refractivity contribution < 1.29 is 4.42 Å². The standard InChI is InChI=1S/C64H40N2OS/c1-2-15-42-36-45(31-30-41(42)14-1)43-16-11-19-48(37-43)65(49-20-12-17-44(38-49)46-32-35-62-56(40-46)54-25-6-10-29-61(54)68-62)59-34-33-55-53-24-5-9-28-60(53)67-64(55)63(59)47-18-13-21-50(39-47)66-57-26-7-3-22-51(57)52-23-4-8-27-58(52)66/h1-40H. The average Bonchev–Trinajstić information content (AvgIpc) is 4.08. The minimum absolute atomic E-state index is 0.852. The van der Waals surface area contributed by atoms with Gasteiger partial charge in [-0.3, -0.25) is 0 Å². The first-order valence-electron chi connectivity index (χ1n) is 23.1. The molecule has 0 saturated heterocycles. The van der Waals surface area contributed by atoms with E-state index in [0.29, 0.717) is 0 Å². The summed E-state index contributed by atoms with van der Waals surface area (Å²) >= 11 is 1.85. The third-order valence-corrected chi connectivity index (χ3v) is 14.9. The predicted molar refractivity (Wildman–Crippen MR) is 289 cm³/mol. The Balaban J connectivity index is 1.02. The summed E-state index contributed by atoms with van der Waals surface area (Å²) in [5.74, 6) is 0. The summed E-state index contributed by atoms with van der Waals surface area (Å²) in [5.41, 5.74) is 15.0. The third-order valence-electron chi connectivity index (χ3n) is 13.7. The summed E-state index contributed by atoms with van der Waals surface area (Å²) in [7, 11) is 0. The fourth-order valence-electron chi connectivity index (χ4n) is 10.6. The lowest BCUT2D eigenvalue weighted by Crippen LogP contribution is -2.11. The third kappa shape index (κ3) is 6.19. The smallest absolute Gasteiger partial charge is 0.145 e. The van der Waals surface area contributed by atoms with Gasteiger partial charge in [-0.1, -0.05) is 152 Å². The van der Waals surface area contributed by atoms with Crippen molar-refractivity contribution in [2.75, 3.05) is 4.90 Å². The summed E-state index contributed by atoms with van der Waals surface area (Å²) in [6.07, 6.45) is 0. The molecule has 0 N–H and O–H groups in total. The molecule has 0 unspecified atom stereocenters. The number of thiophene rings is 1. The Morgan fingerprint density at radius 1 is 0.353 bits per heavy atom. The molecule has 0 aliphatic heterocycles. The Morgan fingerprint density at radius 2 is 0.941 bits per heavy atom. The van der Waals surface area contributed by atoms with Crippen LogP contribution in [0.5, 0.6) is 0 Å². The van der Waals surface area contributed by atoms with Crippen molar-refractivity contribution in [2.24, 2.45) is 0 Å². The Hall–Kier alpha value is -8.70. The first-order chi connectivity index (χ1) is 33.7. The highest BCUT2D eigenvalue weighted by Crippen LogP contribution is 2.48. The van der Waals surface area contributed by atoms with E-state index in [2.05, 4.69) is 252 Å². The summed E-state index contributed by atoms with van der Waals surface area (Å²) in [4.78, 5) is 2.43. The van der Waals surface area contributed by atoms with Crippen molar-refractivity contribution in [3.8, 4) is 39.1 Å². The maximum atomic E-state index is 7.03. The van der Waals surface area contributed by atoms with E-state index in [-0.39, 0.29) is 0 Å². The molecule has 0 atom stereocenters. The van der Waals surface area contributed by atoms with Gasteiger partial charge in [0.15, 0.2) is 0 Å². The Bertz CT molecular complexity index is 4250. The first kappa shape index (κ1) is 38.6. The molecule has 0 aliphatic carbocycles. The van der Waals surface area contributed by atoms with E-state index in [9.17, 15) is 0 Å². The molecule has 0 amide bonds. The van der Waals surface area contributed by atoms with Crippen LogP contribution in [0, 0.1) is 0 Å². The zero-order valence-electron chi connectivity index (χ0n) is 36.8. The minimum Gasteiger partial charge on any atom is -0.455 e. The van der Waals surface area contributed by atoms with E-state index in [1.807, 2.05) is 11.3 Å². The van der Waals surface area contributed by atoms with Crippen LogP contribution in [0.3, 0.4) is 0 Å². The number of anilines is 3. The van der Waals surface area contributed by atoms with Crippen LogP contribution in [0.1, 0.15) is 0 Å². The zero-order chi connectivity index (χ0) is 44.7. The normalized spacial score (nSPS) is 11.8. The predicted octanol–water partition coefficient (Wildman–Crippen LogP) is 18.7. The van der Waals surface area contributed by atoms with Crippen molar-refractivity contribution in [2.45, 2.75) is 0 Å². The number of aromatic nitrogens is 1. The van der Waals surface area contributed by atoms with Gasteiger partial charge in [-0.25, -0.2) is 0 Å². The van der Waals surface area contributed by atoms with E-state index in [1.165, 1.54) is 63.9 Å². The van der Waals surface area contributed by atoms with Crippen LogP contribution in [-0.2, 0) is 0 Å². The van der Waals surface area contributed by atoms with Crippen LogP contribution >= 0.6 is 11.3 Å². The van der Waals surface area contributed by atoms with Gasteiger partial charge in [-0.05, 0) is 130 Å². The highest BCUT2D eigenvalue weighted by molar-refractivity contribution is 7.25. The van der Waals surface area contributed by atoms with Gasteiger partial charge in [-0.15, -0.1) is 11.3 Å². The van der Waals surface area contributed by atoms with E-state index < -0.39 is 0 Å². The molecule has 0 spiro atoms. The molecule has 318 valence electrons. The zero-order valence-corrected chi connectivity index (χ0v) is 37.6. The molecule has 14 aromatic rings. The molecule has 3 nitrogen and oxygen atoms in total. The molecule has 4 heteroatoms. The molecular weight excluding hydrogens is 845 g/mol. The van der Waals surface area contributed by atoms with Gasteiger partial charge in [0, 0.05) is 64.3 Å². The van der Waals surface area contributed by atoms with Crippen LogP contribution in [0.4, 0.5) is 17.1 Å². The van der Waals surface area contributed by atoms with E-state index in [1.54, 1.807) is 0 Å². The molecular formula is C64H40N2OS. The Morgan fingerprint density at radius 3 is 1.72 bits per heavy atom. The van der Waals surface area contributed by atoms with E-state index in [4.69, 9.17) is 4.42 Å². The van der Waals surface area contributed by atoms with Gasteiger partial charge in [0.1, 0.15) is 11.2 Å². The van der Waals surface area contributed by atoms with Crippen LogP contribution in [0.15, 0.2) is 247 Å². The van der Waals surface area contributed by atoms with Crippen LogP contribution in [0.2, 0.25) is 0 Å². The van der Waals surface area contributed by atoms with Gasteiger partial charge >= 0.3 is 0 Å². The topological polar surface area (TPSA) is 21.3 Å². The van der Waals surface area contributed by atoms with Gasteiger partial charge in [0.2, 0.25) is 0 Å². The van der Waals surface area contributed by atoms with Crippen molar-refractivity contribution in [3.05, 3.63) is 243 Å². The van der Waals surface area contributed by atoms with Crippen LogP contribution in [0.25, 0.3) is 114 Å². The molecule has 68 heavy (non-hydrogen) atoms.